The number of amides is 1. The van der Waals surface area contributed by atoms with E-state index in [0.29, 0.717) is 6.42 Å². The van der Waals surface area contributed by atoms with E-state index in [1.807, 2.05) is 18.9 Å². The average molecular weight is 248 g/mol. The Kier molecular flexibility index (Phi) is 5.86. The van der Waals surface area contributed by atoms with Gasteiger partial charge in [-0.15, -0.1) is 0 Å². The molecule has 3 heteroatoms. The van der Waals surface area contributed by atoms with Crippen LogP contribution in [-0.4, -0.2) is 30.9 Å². The number of hydrogen-bond donors (Lipinski definition) is 1. The van der Waals surface area contributed by atoms with Crippen LogP contribution in [0.2, 0.25) is 0 Å². The SMILES string of the molecule is CCNCCC(=O)N(C)C(C)c1ccc(C)cc1. The first-order chi connectivity index (χ1) is 8.56. The second kappa shape index (κ2) is 7.17. The highest BCUT2D eigenvalue weighted by atomic mass is 16.2. The molecule has 0 saturated carbocycles. The number of benzene rings is 1. The van der Waals surface area contributed by atoms with Gasteiger partial charge in [0, 0.05) is 20.0 Å². The van der Waals surface area contributed by atoms with E-state index in [1.165, 1.54) is 11.1 Å². The minimum Gasteiger partial charge on any atom is -0.339 e. The second-order valence-corrected chi connectivity index (χ2v) is 4.69. The van der Waals surface area contributed by atoms with Gasteiger partial charge in [0.2, 0.25) is 5.91 Å². The molecule has 1 unspecified atom stereocenters. The molecule has 0 aromatic heterocycles. The Hall–Kier alpha value is -1.35. The highest BCUT2D eigenvalue weighted by Crippen LogP contribution is 2.19. The number of rotatable bonds is 6. The Morgan fingerprint density at radius 3 is 2.50 bits per heavy atom. The molecule has 0 aliphatic rings. The molecule has 1 rings (SSSR count). The van der Waals surface area contributed by atoms with Crippen molar-refractivity contribution in [3.8, 4) is 0 Å². The fourth-order valence-electron chi connectivity index (χ4n) is 1.83. The summed E-state index contributed by atoms with van der Waals surface area (Å²) >= 11 is 0. The van der Waals surface area contributed by atoms with Gasteiger partial charge >= 0.3 is 0 Å². The standard InChI is InChI=1S/C15H24N2O/c1-5-16-11-10-15(18)17(4)13(3)14-8-6-12(2)7-9-14/h6-9,13,16H,5,10-11H2,1-4H3. The summed E-state index contributed by atoms with van der Waals surface area (Å²) in [5.41, 5.74) is 2.42. The first-order valence-electron chi connectivity index (χ1n) is 6.59. The van der Waals surface area contributed by atoms with E-state index in [2.05, 4.69) is 43.4 Å². The minimum atomic E-state index is 0.125. The number of carbonyl (C=O) groups is 1. The van der Waals surface area contributed by atoms with Gasteiger partial charge in [-0.1, -0.05) is 36.8 Å². The van der Waals surface area contributed by atoms with Crippen LogP contribution in [0.25, 0.3) is 0 Å². The highest BCUT2D eigenvalue weighted by molar-refractivity contribution is 5.76. The van der Waals surface area contributed by atoms with Gasteiger partial charge in [0.05, 0.1) is 6.04 Å². The van der Waals surface area contributed by atoms with Gasteiger partial charge in [-0.3, -0.25) is 4.79 Å². The Morgan fingerprint density at radius 2 is 1.94 bits per heavy atom. The molecular weight excluding hydrogens is 224 g/mol. The van der Waals surface area contributed by atoms with Crippen LogP contribution in [0.1, 0.15) is 37.4 Å². The Balaban J connectivity index is 2.57. The zero-order valence-electron chi connectivity index (χ0n) is 11.9. The molecule has 0 saturated heterocycles. The summed E-state index contributed by atoms with van der Waals surface area (Å²) in [5.74, 6) is 0.184. The van der Waals surface area contributed by atoms with Crippen molar-refractivity contribution < 1.29 is 4.79 Å². The molecule has 0 aliphatic carbocycles. The maximum absolute atomic E-state index is 12.0. The van der Waals surface area contributed by atoms with Crippen LogP contribution in [-0.2, 0) is 4.79 Å². The molecule has 100 valence electrons. The Labute approximate surface area is 110 Å². The maximum Gasteiger partial charge on any atom is 0.224 e. The predicted octanol–water partition coefficient (Wildman–Crippen LogP) is 2.51. The molecule has 1 N–H and O–H groups in total. The largest absolute Gasteiger partial charge is 0.339 e. The van der Waals surface area contributed by atoms with Crippen LogP contribution in [0.3, 0.4) is 0 Å². The predicted molar refractivity (Wildman–Crippen MR) is 75.5 cm³/mol. The number of nitrogens with one attached hydrogen (secondary N) is 1. The topological polar surface area (TPSA) is 32.3 Å². The lowest BCUT2D eigenvalue weighted by Gasteiger charge is -2.25. The zero-order chi connectivity index (χ0) is 13.5. The quantitative estimate of drug-likeness (QED) is 0.785. The smallest absolute Gasteiger partial charge is 0.224 e. The van der Waals surface area contributed by atoms with Crippen molar-refractivity contribution in [2.75, 3.05) is 20.1 Å². The van der Waals surface area contributed by atoms with Gasteiger partial charge in [0.15, 0.2) is 0 Å². The van der Waals surface area contributed by atoms with Crippen molar-refractivity contribution in [2.24, 2.45) is 0 Å². The molecule has 0 fully saturated rings. The van der Waals surface area contributed by atoms with Gasteiger partial charge in [0.1, 0.15) is 0 Å². The lowest BCUT2D eigenvalue weighted by Crippen LogP contribution is -2.32. The van der Waals surface area contributed by atoms with Crippen LogP contribution in [0.4, 0.5) is 0 Å². The summed E-state index contributed by atoms with van der Waals surface area (Å²) in [7, 11) is 1.87. The van der Waals surface area contributed by atoms with E-state index in [1.54, 1.807) is 0 Å². The van der Waals surface area contributed by atoms with Crippen LogP contribution in [0.15, 0.2) is 24.3 Å². The van der Waals surface area contributed by atoms with Crippen LogP contribution >= 0.6 is 0 Å². The van der Waals surface area contributed by atoms with Gasteiger partial charge in [0.25, 0.3) is 0 Å². The zero-order valence-corrected chi connectivity index (χ0v) is 11.9. The fraction of sp³-hybridized carbons (Fsp3) is 0.533. The minimum absolute atomic E-state index is 0.125. The molecule has 1 aromatic rings. The summed E-state index contributed by atoms with van der Waals surface area (Å²) in [5, 5.41) is 3.17. The summed E-state index contributed by atoms with van der Waals surface area (Å²) < 4.78 is 0. The number of hydrogen-bond acceptors (Lipinski definition) is 2. The molecule has 1 atom stereocenters. The Bertz CT molecular complexity index is 373. The third kappa shape index (κ3) is 4.15. The molecule has 0 aliphatic heterocycles. The van der Waals surface area contributed by atoms with Gasteiger partial charge in [-0.25, -0.2) is 0 Å². The van der Waals surface area contributed by atoms with Crippen molar-refractivity contribution in [3.05, 3.63) is 35.4 Å². The molecule has 0 radical (unpaired) electrons. The third-order valence-corrected chi connectivity index (χ3v) is 3.30. The molecular formula is C15H24N2O. The lowest BCUT2D eigenvalue weighted by atomic mass is 10.1. The third-order valence-electron chi connectivity index (χ3n) is 3.30. The molecule has 1 amide bonds. The van der Waals surface area contributed by atoms with Crippen LogP contribution in [0, 0.1) is 6.92 Å². The highest BCUT2D eigenvalue weighted by Gasteiger charge is 2.16. The van der Waals surface area contributed by atoms with Crippen LogP contribution in [0.5, 0.6) is 0 Å². The first-order valence-corrected chi connectivity index (χ1v) is 6.59. The second-order valence-electron chi connectivity index (χ2n) is 4.69. The molecule has 0 heterocycles. The van der Waals surface area contributed by atoms with E-state index in [4.69, 9.17) is 0 Å². The van der Waals surface area contributed by atoms with Gasteiger partial charge in [-0.2, -0.15) is 0 Å². The van der Waals surface area contributed by atoms with E-state index in [9.17, 15) is 4.79 Å². The van der Waals surface area contributed by atoms with Gasteiger partial charge in [-0.05, 0) is 26.0 Å². The maximum atomic E-state index is 12.0. The molecule has 1 aromatic carbocycles. The van der Waals surface area contributed by atoms with Crippen LogP contribution < -0.4 is 5.32 Å². The number of aryl methyl sites for hydroxylation is 1. The molecule has 18 heavy (non-hydrogen) atoms. The van der Waals surface area contributed by atoms with E-state index < -0.39 is 0 Å². The van der Waals surface area contributed by atoms with E-state index >= 15 is 0 Å². The number of carbonyl (C=O) groups excluding carboxylic acids is 1. The van der Waals surface area contributed by atoms with E-state index in [0.717, 1.165) is 13.1 Å². The van der Waals surface area contributed by atoms with Crippen molar-refractivity contribution >= 4 is 5.91 Å². The number of nitrogens with zero attached hydrogens (tertiary/aromatic N) is 1. The van der Waals surface area contributed by atoms with Crippen molar-refractivity contribution in [2.45, 2.75) is 33.2 Å². The first kappa shape index (κ1) is 14.7. The van der Waals surface area contributed by atoms with E-state index in [-0.39, 0.29) is 11.9 Å². The Morgan fingerprint density at radius 1 is 1.33 bits per heavy atom. The molecule has 0 spiro atoms. The average Bonchev–Trinajstić information content (AvgIpc) is 2.38. The monoisotopic (exact) mass is 248 g/mol. The summed E-state index contributed by atoms with van der Waals surface area (Å²) in [6.07, 6.45) is 0.556. The molecule has 3 nitrogen and oxygen atoms in total. The lowest BCUT2D eigenvalue weighted by molar-refractivity contribution is -0.131. The summed E-state index contributed by atoms with van der Waals surface area (Å²) in [4.78, 5) is 13.8. The van der Waals surface area contributed by atoms with Crippen molar-refractivity contribution in [1.29, 1.82) is 0 Å². The van der Waals surface area contributed by atoms with Gasteiger partial charge < -0.3 is 10.2 Å². The summed E-state index contributed by atoms with van der Waals surface area (Å²) in [6, 6.07) is 8.48. The summed E-state index contributed by atoms with van der Waals surface area (Å²) in [6.45, 7) is 7.84. The molecule has 0 bridgehead atoms. The normalized spacial score (nSPS) is 12.2. The van der Waals surface area contributed by atoms with Crippen molar-refractivity contribution in [1.82, 2.24) is 10.2 Å². The van der Waals surface area contributed by atoms with Crippen molar-refractivity contribution in [3.63, 3.8) is 0 Å². The fourth-order valence-corrected chi connectivity index (χ4v) is 1.83.